The Labute approximate surface area is 147 Å². The van der Waals surface area contributed by atoms with E-state index in [1.165, 1.54) is 24.4 Å². The van der Waals surface area contributed by atoms with Gasteiger partial charge in [0.1, 0.15) is 0 Å². The summed E-state index contributed by atoms with van der Waals surface area (Å²) in [4.78, 5) is 12.3. The molecule has 0 unspecified atom stereocenters. The van der Waals surface area contributed by atoms with Crippen LogP contribution in [0, 0.1) is 0 Å². The maximum Gasteiger partial charge on any atom is 0.586 e. The van der Waals surface area contributed by atoms with Crippen molar-refractivity contribution in [3.8, 4) is 11.5 Å². The van der Waals surface area contributed by atoms with Gasteiger partial charge in [0.05, 0.1) is 18.3 Å². The topological polar surface area (TPSA) is 65.4 Å². The number of alkyl halides is 2. The van der Waals surface area contributed by atoms with Gasteiger partial charge < -0.3 is 14.8 Å². The third-order valence-corrected chi connectivity index (χ3v) is 3.74. The van der Waals surface area contributed by atoms with Crippen molar-refractivity contribution in [1.82, 2.24) is 9.78 Å². The van der Waals surface area contributed by atoms with Crippen LogP contribution in [0.15, 0.2) is 60.9 Å². The fourth-order valence-corrected chi connectivity index (χ4v) is 2.57. The number of aromatic nitrogens is 2. The second-order valence-corrected chi connectivity index (χ2v) is 5.70. The number of hydrogen-bond acceptors (Lipinski definition) is 4. The molecule has 1 aliphatic heterocycles. The Morgan fingerprint density at radius 1 is 1.12 bits per heavy atom. The Hall–Kier alpha value is -3.42. The van der Waals surface area contributed by atoms with E-state index >= 15 is 0 Å². The molecule has 0 saturated carbocycles. The number of carbonyl (C=O) groups is 1. The normalized spacial score (nSPS) is 14.2. The maximum absolute atomic E-state index is 13.0. The second-order valence-electron chi connectivity index (χ2n) is 5.70. The van der Waals surface area contributed by atoms with Gasteiger partial charge in [0, 0.05) is 18.0 Å². The second kappa shape index (κ2) is 6.14. The Bertz CT molecular complexity index is 957. The molecule has 0 atom stereocenters. The lowest BCUT2D eigenvalue weighted by Crippen LogP contribution is -2.25. The van der Waals surface area contributed by atoms with Crippen molar-refractivity contribution >= 4 is 11.6 Å². The minimum absolute atomic E-state index is 0.0799. The van der Waals surface area contributed by atoms with Crippen molar-refractivity contribution in [3.63, 3.8) is 0 Å². The van der Waals surface area contributed by atoms with Crippen molar-refractivity contribution < 1.29 is 23.0 Å². The van der Waals surface area contributed by atoms with Crippen LogP contribution in [-0.2, 0) is 6.54 Å². The van der Waals surface area contributed by atoms with Crippen LogP contribution in [0.4, 0.5) is 14.5 Å². The number of nitrogens with one attached hydrogen (secondary N) is 1. The molecule has 2 aromatic carbocycles. The van der Waals surface area contributed by atoms with Gasteiger partial charge in [-0.2, -0.15) is 5.10 Å². The van der Waals surface area contributed by atoms with Crippen LogP contribution >= 0.6 is 0 Å². The Morgan fingerprint density at radius 2 is 1.88 bits per heavy atom. The first-order chi connectivity index (χ1) is 12.5. The first-order valence-electron chi connectivity index (χ1n) is 7.76. The molecule has 1 N–H and O–H groups in total. The molecule has 0 aliphatic carbocycles. The molecule has 8 heteroatoms. The number of amides is 1. The van der Waals surface area contributed by atoms with Gasteiger partial charge in [-0.25, -0.2) is 0 Å². The van der Waals surface area contributed by atoms with Gasteiger partial charge in [0.25, 0.3) is 5.91 Å². The molecular formula is C18H13F2N3O3. The maximum atomic E-state index is 13.0. The molecule has 4 rings (SSSR count). The monoisotopic (exact) mass is 357 g/mol. The van der Waals surface area contributed by atoms with Crippen LogP contribution in [0.25, 0.3) is 0 Å². The number of hydrogen-bond donors (Lipinski definition) is 1. The van der Waals surface area contributed by atoms with Crippen LogP contribution in [0.2, 0.25) is 0 Å². The first kappa shape index (κ1) is 16.1. The molecule has 6 nitrogen and oxygen atoms in total. The standard InChI is InChI=1S/C18H13F2N3O3/c19-18(20)25-15-7-6-14(8-16(15)26-18)22-17(24)13-9-21-23(11-13)10-12-4-2-1-3-5-12/h1-9,11H,10H2,(H,22,24). The van der Waals surface area contributed by atoms with Crippen LogP contribution in [-0.4, -0.2) is 22.0 Å². The summed E-state index contributed by atoms with van der Waals surface area (Å²) in [6.07, 6.45) is -0.633. The Balaban J connectivity index is 1.45. The highest BCUT2D eigenvalue weighted by molar-refractivity contribution is 6.04. The number of ether oxygens (including phenoxy) is 2. The van der Waals surface area contributed by atoms with E-state index in [0.29, 0.717) is 17.8 Å². The lowest BCUT2D eigenvalue weighted by Gasteiger charge is -2.05. The molecular weight excluding hydrogens is 344 g/mol. The van der Waals surface area contributed by atoms with Crippen molar-refractivity contribution in [2.45, 2.75) is 12.8 Å². The van der Waals surface area contributed by atoms with Crippen molar-refractivity contribution in [1.29, 1.82) is 0 Å². The van der Waals surface area contributed by atoms with Crippen LogP contribution in [0.3, 0.4) is 0 Å². The summed E-state index contributed by atoms with van der Waals surface area (Å²) < 4.78 is 36.4. The minimum atomic E-state index is -3.69. The fourth-order valence-electron chi connectivity index (χ4n) is 2.57. The number of anilines is 1. The minimum Gasteiger partial charge on any atom is -0.395 e. The number of benzene rings is 2. The lowest BCUT2D eigenvalue weighted by molar-refractivity contribution is -0.286. The molecule has 1 aliphatic rings. The third kappa shape index (κ3) is 3.34. The number of carbonyl (C=O) groups excluding carboxylic acids is 1. The summed E-state index contributed by atoms with van der Waals surface area (Å²) in [7, 11) is 0. The Kier molecular flexibility index (Phi) is 3.80. The summed E-state index contributed by atoms with van der Waals surface area (Å²) in [5.41, 5.74) is 1.72. The molecule has 0 spiro atoms. The molecule has 3 aromatic rings. The zero-order chi connectivity index (χ0) is 18.1. The highest BCUT2D eigenvalue weighted by Gasteiger charge is 2.43. The fraction of sp³-hybridized carbons (Fsp3) is 0.111. The molecule has 0 fully saturated rings. The summed E-state index contributed by atoms with van der Waals surface area (Å²) in [6.45, 7) is 0.535. The summed E-state index contributed by atoms with van der Waals surface area (Å²) in [5, 5.41) is 6.78. The van der Waals surface area contributed by atoms with E-state index < -0.39 is 12.2 Å². The predicted octanol–water partition coefficient (Wildman–Crippen LogP) is 3.51. The van der Waals surface area contributed by atoms with E-state index in [1.807, 2.05) is 30.3 Å². The molecule has 132 valence electrons. The van der Waals surface area contributed by atoms with Gasteiger partial charge in [0.2, 0.25) is 0 Å². The smallest absolute Gasteiger partial charge is 0.395 e. The number of halogens is 2. The van der Waals surface area contributed by atoms with Gasteiger partial charge in [-0.3, -0.25) is 9.48 Å². The average molecular weight is 357 g/mol. The molecule has 1 aromatic heterocycles. The lowest BCUT2D eigenvalue weighted by atomic mass is 10.2. The van der Waals surface area contributed by atoms with Gasteiger partial charge in [0.15, 0.2) is 11.5 Å². The summed E-state index contributed by atoms with van der Waals surface area (Å²) >= 11 is 0. The highest BCUT2D eigenvalue weighted by atomic mass is 19.3. The van der Waals surface area contributed by atoms with Crippen LogP contribution in [0.5, 0.6) is 11.5 Å². The van der Waals surface area contributed by atoms with Crippen LogP contribution < -0.4 is 14.8 Å². The third-order valence-electron chi connectivity index (χ3n) is 3.74. The predicted molar refractivity (Wildman–Crippen MR) is 88.4 cm³/mol. The zero-order valence-electron chi connectivity index (χ0n) is 13.4. The quantitative estimate of drug-likeness (QED) is 0.776. The van der Waals surface area contributed by atoms with E-state index in [9.17, 15) is 13.6 Å². The van der Waals surface area contributed by atoms with Crippen molar-refractivity contribution in [2.24, 2.45) is 0 Å². The molecule has 0 saturated heterocycles. The molecule has 26 heavy (non-hydrogen) atoms. The average Bonchev–Trinajstić information content (AvgIpc) is 3.18. The zero-order valence-corrected chi connectivity index (χ0v) is 13.4. The Morgan fingerprint density at radius 3 is 2.69 bits per heavy atom. The van der Waals surface area contributed by atoms with Gasteiger partial charge >= 0.3 is 6.29 Å². The van der Waals surface area contributed by atoms with Gasteiger partial charge in [-0.05, 0) is 17.7 Å². The van der Waals surface area contributed by atoms with E-state index in [-0.39, 0.29) is 11.5 Å². The summed E-state index contributed by atoms with van der Waals surface area (Å²) in [6, 6.07) is 13.7. The van der Waals surface area contributed by atoms with Gasteiger partial charge in [-0.15, -0.1) is 8.78 Å². The molecule has 0 bridgehead atoms. The SMILES string of the molecule is O=C(Nc1ccc2c(c1)OC(F)(F)O2)c1cnn(Cc2ccccc2)c1. The van der Waals surface area contributed by atoms with Gasteiger partial charge in [-0.1, -0.05) is 30.3 Å². The molecule has 1 amide bonds. The largest absolute Gasteiger partial charge is 0.586 e. The first-order valence-corrected chi connectivity index (χ1v) is 7.76. The van der Waals surface area contributed by atoms with E-state index in [2.05, 4.69) is 19.9 Å². The van der Waals surface area contributed by atoms with Crippen molar-refractivity contribution in [3.05, 3.63) is 72.1 Å². The molecule has 2 heterocycles. The van der Waals surface area contributed by atoms with Crippen molar-refractivity contribution in [2.75, 3.05) is 5.32 Å². The van der Waals surface area contributed by atoms with E-state index in [0.717, 1.165) is 5.56 Å². The summed E-state index contributed by atoms with van der Waals surface area (Å²) in [5.74, 6) is -0.619. The number of fused-ring (bicyclic) bond motifs is 1. The highest BCUT2D eigenvalue weighted by Crippen LogP contribution is 2.42. The van der Waals surface area contributed by atoms with E-state index in [1.54, 1.807) is 10.9 Å². The van der Waals surface area contributed by atoms with E-state index in [4.69, 9.17) is 0 Å². The number of rotatable bonds is 4. The molecule has 0 radical (unpaired) electrons. The van der Waals surface area contributed by atoms with Crippen LogP contribution in [0.1, 0.15) is 15.9 Å². The number of nitrogens with zero attached hydrogens (tertiary/aromatic N) is 2.